The molecule has 1 saturated heterocycles. The molecule has 9 heteroatoms. The van der Waals surface area contributed by atoms with Crippen molar-refractivity contribution >= 4 is 12.0 Å². The summed E-state index contributed by atoms with van der Waals surface area (Å²) in [5.74, 6) is -1.28. The lowest BCUT2D eigenvalue weighted by molar-refractivity contribution is -0.168. The molecule has 0 aromatic carbocycles. The van der Waals surface area contributed by atoms with Crippen molar-refractivity contribution in [2.45, 2.75) is 90.8 Å². The number of hydrogen-bond donors (Lipinski definition) is 2. The molecule has 6 nitrogen and oxygen atoms in total. The van der Waals surface area contributed by atoms with Gasteiger partial charge in [0.2, 0.25) is 5.91 Å². The van der Waals surface area contributed by atoms with Crippen LogP contribution in [0.25, 0.3) is 0 Å². The van der Waals surface area contributed by atoms with Crippen LogP contribution < -0.4 is 5.32 Å². The molecular weight excluding hydrogens is 377 g/mol. The van der Waals surface area contributed by atoms with Gasteiger partial charge in [-0.05, 0) is 59.3 Å². The maximum Gasteiger partial charge on any atom is 0.407 e. The van der Waals surface area contributed by atoms with Crippen LogP contribution >= 0.6 is 0 Å². The van der Waals surface area contributed by atoms with Gasteiger partial charge in [-0.2, -0.15) is 13.2 Å². The number of rotatable bonds is 5. The normalized spacial score (nSPS) is 25.8. The molecule has 0 aliphatic carbocycles. The number of halogens is 3. The molecule has 1 rings (SSSR count). The van der Waals surface area contributed by atoms with Gasteiger partial charge in [0, 0.05) is 12.6 Å². The first kappa shape index (κ1) is 24.5. The van der Waals surface area contributed by atoms with Crippen LogP contribution in [0.2, 0.25) is 0 Å². The first-order valence-corrected chi connectivity index (χ1v) is 9.63. The quantitative estimate of drug-likeness (QED) is 0.727. The van der Waals surface area contributed by atoms with E-state index in [0.717, 1.165) is 4.90 Å². The summed E-state index contributed by atoms with van der Waals surface area (Å²) in [5.41, 5.74) is -0.631. The number of nitrogens with zero attached hydrogens (tertiary/aromatic N) is 1. The number of carbonyl (C=O) groups excluding carboxylic acids is 2. The molecule has 2 unspecified atom stereocenters. The van der Waals surface area contributed by atoms with Crippen molar-refractivity contribution in [3.05, 3.63) is 0 Å². The van der Waals surface area contributed by atoms with Crippen LogP contribution in [0.4, 0.5) is 18.0 Å². The van der Waals surface area contributed by atoms with Crippen molar-refractivity contribution < 1.29 is 32.6 Å². The number of ether oxygens (including phenoxy) is 1. The zero-order valence-corrected chi connectivity index (χ0v) is 17.5. The minimum Gasteiger partial charge on any atom is -0.444 e. The lowest BCUT2D eigenvalue weighted by Gasteiger charge is -2.45. The Labute approximate surface area is 164 Å². The second kappa shape index (κ2) is 9.33. The summed E-state index contributed by atoms with van der Waals surface area (Å²) in [6, 6.07) is -0.921. The third-order valence-electron chi connectivity index (χ3n) is 4.72. The molecule has 0 bridgehead atoms. The Morgan fingerprint density at radius 3 is 2.29 bits per heavy atom. The number of nitrogens with one attached hydrogen (secondary N) is 1. The van der Waals surface area contributed by atoms with E-state index in [-0.39, 0.29) is 24.4 Å². The van der Waals surface area contributed by atoms with E-state index in [4.69, 9.17) is 4.74 Å². The molecule has 1 aliphatic rings. The van der Waals surface area contributed by atoms with Crippen molar-refractivity contribution in [2.24, 2.45) is 11.8 Å². The molecular formula is C19H33F3N2O4. The summed E-state index contributed by atoms with van der Waals surface area (Å²) in [6.07, 6.45) is -6.48. The molecule has 1 aliphatic heterocycles. The second-order valence-corrected chi connectivity index (χ2v) is 8.93. The fourth-order valence-electron chi connectivity index (χ4n) is 3.96. The first-order valence-electron chi connectivity index (χ1n) is 9.63. The smallest absolute Gasteiger partial charge is 0.407 e. The van der Waals surface area contributed by atoms with Gasteiger partial charge >= 0.3 is 12.3 Å². The van der Waals surface area contributed by atoms with E-state index in [1.807, 2.05) is 6.92 Å². The summed E-state index contributed by atoms with van der Waals surface area (Å²) in [7, 11) is 0. The third kappa shape index (κ3) is 8.24. The minimum atomic E-state index is -4.60. The Balaban J connectivity index is 2.79. The highest BCUT2D eigenvalue weighted by Gasteiger charge is 2.42. The lowest BCUT2D eigenvalue weighted by Crippen LogP contribution is -2.56. The van der Waals surface area contributed by atoms with Crippen LogP contribution in [-0.2, 0) is 9.53 Å². The fourth-order valence-corrected chi connectivity index (χ4v) is 3.96. The molecule has 0 spiro atoms. The van der Waals surface area contributed by atoms with Crippen LogP contribution in [0.15, 0.2) is 0 Å². The SMILES string of the molecule is C[C@H](CC1C[C@@H](C)C([C@H](C)O)N(C(=O)CC(F)(F)F)C1)NC(=O)OC(C)(C)C. The van der Waals surface area contributed by atoms with Crippen LogP contribution in [0, 0.1) is 11.8 Å². The number of carbonyl (C=O) groups is 2. The zero-order valence-electron chi connectivity index (χ0n) is 17.5. The average Bonchev–Trinajstić information content (AvgIpc) is 2.41. The number of hydrogen-bond acceptors (Lipinski definition) is 4. The van der Waals surface area contributed by atoms with Crippen molar-refractivity contribution in [3.8, 4) is 0 Å². The largest absolute Gasteiger partial charge is 0.444 e. The maximum atomic E-state index is 12.7. The maximum absolute atomic E-state index is 12.7. The summed E-state index contributed by atoms with van der Waals surface area (Å²) < 4.78 is 43.3. The van der Waals surface area contributed by atoms with Gasteiger partial charge in [0.05, 0.1) is 12.1 Å². The number of aliphatic hydroxyl groups is 1. The van der Waals surface area contributed by atoms with Gasteiger partial charge in [-0.3, -0.25) is 4.79 Å². The summed E-state index contributed by atoms with van der Waals surface area (Å²) in [6.45, 7) is 10.5. The van der Waals surface area contributed by atoms with Crippen molar-refractivity contribution in [3.63, 3.8) is 0 Å². The van der Waals surface area contributed by atoms with E-state index in [2.05, 4.69) is 5.32 Å². The Hall–Kier alpha value is -1.51. The van der Waals surface area contributed by atoms with Gasteiger partial charge in [0.1, 0.15) is 12.0 Å². The van der Waals surface area contributed by atoms with Crippen LogP contribution in [-0.4, -0.2) is 58.5 Å². The number of piperidine rings is 1. The lowest BCUT2D eigenvalue weighted by atomic mass is 9.79. The van der Waals surface area contributed by atoms with Crippen LogP contribution in [0.5, 0.6) is 0 Å². The highest BCUT2D eigenvalue weighted by molar-refractivity contribution is 5.77. The molecule has 0 radical (unpaired) electrons. The number of amides is 2. The highest BCUT2D eigenvalue weighted by Crippen LogP contribution is 2.33. The molecule has 0 saturated carbocycles. The molecule has 5 atom stereocenters. The van der Waals surface area contributed by atoms with Crippen molar-refractivity contribution in [1.29, 1.82) is 0 Å². The molecule has 0 aromatic rings. The number of aliphatic hydroxyl groups excluding tert-OH is 1. The van der Waals surface area contributed by atoms with E-state index >= 15 is 0 Å². The zero-order chi connectivity index (χ0) is 21.9. The molecule has 2 N–H and O–H groups in total. The van der Waals surface area contributed by atoms with E-state index in [1.54, 1.807) is 27.7 Å². The Bertz CT molecular complexity index is 546. The predicted octanol–water partition coefficient (Wildman–Crippen LogP) is 3.48. The number of alkyl carbamates (subject to hydrolysis) is 1. The van der Waals surface area contributed by atoms with Gasteiger partial charge < -0.3 is 20.1 Å². The van der Waals surface area contributed by atoms with E-state index in [0.29, 0.717) is 12.8 Å². The highest BCUT2D eigenvalue weighted by atomic mass is 19.4. The van der Waals surface area contributed by atoms with E-state index in [9.17, 15) is 27.9 Å². The Morgan fingerprint density at radius 2 is 1.82 bits per heavy atom. The Kier molecular flexibility index (Phi) is 8.17. The Morgan fingerprint density at radius 1 is 1.25 bits per heavy atom. The van der Waals surface area contributed by atoms with Crippen LogP contribution in [0.3, 0.4) is 0 Å². The van der Waals surface area contributed by atoms with Crippen LogP contribution in [0.1, 0.15) is 60.8 Å². The van der Waals surface area contributed by atoms with Gasteiger partial charge in [0.15, 0.2) is 0 Å². The topological polar surface area (TPSA) is 78.9 Å². The van der Waals surface area contributed by atoms with Gasteiger partial charge in [-0.25, -0.2) is 4.79 Å². The molecule has 28 heavy (non-hydrogen) atoms. The van der Waals surface area contributed by atoms with Crippen molar-refractivity contribution in [2.75, 3.05) is 6.54 Å². The van der Waals surface area contributed by atoms with Gasteiger partial charge in [-0.15, -0.1) is 0 Å². The monoisotopic (exact) mass is 410 g/mol. The van der Waals surface area contributed by atoms with E-state index in [1.165, 1.54) is 6.92 Å². The van der Waals surface area contributed by atoms with Gasteiger partial charge in [0.25, 0.3) is 0 Å². The molecule has 164 valence electrons. The molecule has 1 heterocycles. The molecule has 0 aromatic heterocycles. The van der Waals surface area contributed by atoms with Gasteiger partial charge in [-0.1, -0.05) is 6.92 Å². The molecule has 1 fully saturated rings. The number of alkyl halides is 3. The minimum absolute atomic E-state index is 0.0906. The second-order valence-electron chi connectivity index (χ2n) is 8.93. The first-order chi connectivity index (χ1) is 12.6. The fraction of sp³-hybridized carbons (Fsp3) is 0.895. The standard InChI is InChI=1S/C19H33F3N2O4/c1-11-7-14(8-12(2)23-17(27)28-18(4,5)6)10-24(16(11)13(3)25)15(26)9-19(20,21)22/h11-14,16,25H,7-10H2,1-6H3,(H,23,27)/t11-,12-,13+,14?,16?/m1/s1. The summed E-state index contributed by atoms with van der Waals surface area (Å²) in [5, 5.41) is 12.7. The number of likely N-dealkylation sites (tertiary alicyclic amines) is 1. The summed E-state index contributed by atoms with van der Waals surface area (Å²) >= 11 is 0. The third-order valence-corrected chi connectivity index (χ3v) is 4.72. The average molecular weight is 410 g/mol. The van der Waals surface area contributed by atoms with E-state index < -0.39 is 42.3 Å². The van der Waals surface area contributed by atoms with Crippen molar-refractivity contribution in [1.82, 2.24) is 10.2 Å². The predicted molar refractivity (Wildman–Crippen MR) is 98.6 cm³/mol. The summed E-state index contributed by atoms with van der Waals surface area (Å²) in [4.78, 5) is 25.3. The molecule has 2 amide bonds.